The van der Waals surface area contributed by atoms with Gasteiger partial charge in [0.25, 0.3) is 5.91 Å². The Labute approximate surface area is 167 Å². The van der Waals surface area contributed by atoms with Crippen LogP contribution in [0.1, 0.15) is 44.1 Å². The highest BCUT2D eigenvalue weighted by atomic mass is 19.4. The molecular formula is C20H12F3N5O2. The molecule has 10 heteroatoms. The Kier molecular flexibility index (Phi) is 4.58. The number of halogens is 3. The molecule has 0 aliphatic carbocycles. The highest BCUT2D eigenvalue weighted by Gasteiger charge is 2.37. The molecule has 150 valence electrons. The fourth-order valence-corrected chi connectivity index (χ4v) is 3.29. The number of benzene rings is 1. The van der Waals surface area contributed by atoms with Gasteiger partial charge in [-0.15, -0.1) is 0 Å². The summed E-state index contributed by atoms with van der Waals surface area (Å²) < 4.78 is 45.3. The lowest BCUT2D eigenvalue weighted by atomic mass is 10.0. The maximum atomic E-state index is 13.4. The number of nitriles is 1. The average molecular weight is 411 g/mol. The second kappa shape index (κ2) is 7.11. The molecule has 0 saturated heterocycles. The van der Waals surface area contributed by atoms with Crippen molar-refractivity contribution in [3.05, 3.63) is 76.3 Å². The number of anilines is 1. The number of amides is 1. The van der Waals surface area contributed by atoms with Crippen LogP contribution in [0.3, 0.4) is 0 Å². The van der Waals surface area contributed by atoms with Gasteiger partial charge in [-0.25, -0.2) is 9.97 Å². The number of aromatic nitrogens is 2. The van der Waals surface area contributed by atoms with Crippen molar-refractivity contribution in [2.75, 3.05) is 5.32 Å². The lowest BCUT2D eigenvalue weighted by Gasteiger charge is -2.15. The molecule has 0 unspecified atom stereocenters. The van der Waals surface area contributed by atoms with Crippen molar-refractivity contribution < 1.29 is 22.4 Å². The summed E-state index contributed by atoms with van der Waals surface area (Å²) in [5, 5.41) is 11.5. The van der Waals surface area contributed by atoms with E-state index in [2.05, 4.69) is 20.3 Å². The summed E-state index contributed by atoms with van der Waals surface area (Å²) in [6.07, 6.45) is -1.24. The molecule has 0 spiro atoms. The summed E-state index contributed by atoms with van der Waals surface area (Å²) in [6, 6.07) is 6.51. The van der Waals surface area contributed by atoms with Gasteiger partial charge >= 0.3 is 6.18 Å². The summed E-state index contributed by atoms with van der Waals surface area (Å²) in [7, 11) is 0. The Hall–Kier alpha value is -4.00. The molecule has 1 aromatic carbocycles. The lowest BCUT2D eigenvalue weighted by Crippen LogP contribution is -2.20. The van der Waals surface area contributed by atoms with Crippen LogP contribution in [-0.4, -0.2) is 21.6 Å². The van der Waals surface area contributed by atoms with E-state index in [-0.39, 0.29) is 0 Å². The molecule has 30 heavy (non-hydrogen) atoms. The highest BCUT2D eigenvalue weighted by Crippen LogP contribution is 2.35. The minimum Gasteiger partial charge on any atom is -0.442 e. The van der Waals surface area contributed by atoms with Crippen LogP contribution in [0.15, 0.2) is 46.4 Å². The maximum absolute atomic E-state index is 13.4. The number of pyridine rings is 1. The van der Waals surface area contributed by atoms with E-state index in [0.29, 0.717) is 23.7 Å². The van der Waals surface area contributed by atoms with Crippen LogP contribution >= 0.6 is 0 Å². The van der Waals surface area contributed by atoms with E-state index in [4.69, 9.17) is 9.68 Å². The standard InChI is InChI=1S/C20H12F3N5O2/c1-10-16(20(21,22)23)12(5-24)7-26-17(10)19(29)28-13-3-2-11-6-27-18(14(11)4-13)15-8-25-9-30-15/h2-4,7-9H,6H2,1H3,(H,28,29). The van der Waals surface area contributed by atoms with Crippen molar-refractivity contribution >= 4 is 17.3 Å². The Bertz CT molecular complexity index is 1220. The van der Waals surface area contributed by atoms with Crippen LogP contribution in [0.4, 0.5) is 18.9 Å². The molecule has 4 rings (SSSR count). The molecule has 1 aliphatic heterocycles. The van der Waals surface area contributed by atoms with Crippen molar-refractivity contribution in [2.45, 2.75) is 19.6 Å². The van der Waals surface area contributed by atoms with E-state index < -0.39 is 34.5 Å². The number of rotatable bonds is 3. The van der Waals surface area contributed by atoms with Gasteiger partial charge in [-0.1, -0.05) is 6.07 Å². The monoisotopic (exact) mass is 411 g/mol. The van der Waals surface area contributed by atoms with Gasteiger partial charge < -0.3 is 9.73 Å². The molecule has 3 heterocycles. The molecule has 0 radical (unpaired) electrons. The summed E-state index contributed by atoms with van der Waals surface area (Å²) in [5.74, 6) is -0.352. The van der Waals surface area contributed by atoms with Gasteiger partial charge in [0.15, 0.2) is 12.2 Å². The predicted molar refractivity (Wildman–Crippen MR) is 98.9 cm³/mol. The van der Waals surface area contributed by atoms with Gasteiger partial charge in [-0.2, -0.15) is 18.4 Å². The van der Waals surface area contributed by atoms with Crippen molar-refractivity contribution in [1.29, 1.82) is 5.26 Å². The summed E-state index contributed by atoms with van der Waals surface area (Å²) in [5.41, 5.74) is -0.0648. The number of carbonyl (C=O) groups excluding carboxylic acids is 1. The largest absolute Gasteiger partial charge is 0.442 e. The molecule has 1 aliphatic rings. The minimum absolute atomic E-state index is 0.354. The second-order valence-electron chi connectivity index (χ2n) is 6.49. The first-order valence-electron chi connectivity index (χ1n) is 8.64. The van der Waals surface area contributed by atoms with E-state index in [0.717, 1.165) is 24.2 Å². The number of nitrogens with one attached hydrogen (secondary N) is 1. The Morgan fingerprint density at radius 3 is 2.77 bits per heavy atom. The van der Waals surface area contributed by atoms with E-state index in [1.807, 2.05) is 0 Å². The van der Waals surface area contributed by atoms with Crippen LogP contribution in [-0.2, 0) is 12.7 Å². The fraction of sp³-hybridized carbons (Fsp3) is 0.150. The number of oxazole rings is 1. The molecular weight excluding hydrogens is 399 g/mol. The van der Waals surface area contributed by atoms with Crippen molar-refractivity contribution in [1.82, 2.24) is 9.97 Å². The third kappa shape index (κ3) is 3.30. The number of hydrogen-bond donors (Lipinski definition) is 1. The summed E-state index contributed by atoms with van der Waals surface area (Å²) in [4.78, 5) is 24.7. The summed E-state index contributed by atoms with van der Waals surface area (Å²) >= 11 is 0. The number of fused-ring (bicyclic) bond motifs is 1. The van der Waals surface area contributed by atoms with E-state index >= 15 is 0 Å². The molecule has 0 saturated carbocycles. The zero-order chi connectivity index (χ0) is 21.5. The zero-order valence-corrected chi connectivity index (χ0v) is 15.4. The minimum atomic E-state index is -4.79. The first kappa shape index (κ1) is 19.3. The van der Waals surface area contributed by atoms with Crippen LogP contribution in [0.25, 0.3) is 0 Å². The van der Waals surface area contributed by atoms with Gasteiger partial charge in [0.05, 0.1) is 23.9 Å². The van der Waals surface area contributed by atoms with Crippen LogP contribution in [0.2, 0.25) is 0 Å². The fourth-order valence-electron chi connectivity index (χ4n) is 3.29. The SMILES string of the molecule is Cc1c(C(=O)Nc2ccc3c(c2)C(c2cnco2)=NC3)ncc(C#N)c1C(F)(F)F. The third-order valence-corrected chi connectivity index (χ3v) is 4.64. The third-order valence-electron chi connectivity index (χ3n) is 4.64. The number of alkyl halides is 3. The molecule has 0 atom stereocenters. The molecule has 1 N–H and O–H groups in total. The van der Waals surface area contributed by atoms with E-state index in [1.165, 1.54) is 18.7 Å². The number of nitrogens with zero attached hydrogens (tertiary/aromatic N) is 4. The topological polar surface area (TPSA) is 104 Å². The molecule has 7 nitrogen and oxygen atoms in total. The maximum Gasteiger partial charge on any atom is 0.418 e. The Morgan fingerprint density at radius 1 is 1.30 bits per heavy atom. The predicted octanol–water partition coefficient (Wildman–Crippen LogP) is 3.87. The zero-order valence-electron chi connectivity index (χ0n) is 15.4. The first-order valence-corrected chi connectivity index (χ1v) is 8.64. The number of hydrogen-bond acceptors (Lipinski definition) is 6. The Morgan fingerprint density at radius 2 is 2.10 bits per heavy atom. The van der Waals surface area contributed by atoms with Gasteiger partial charge in [0.2, 0.25) is 0 Å². The van der Waals surface area contributed by atoms with Crippen LogP contribution < -0.4 is 5.32 Å². The molecule has 1 amide bonds. The quantitative estimate of drug-likeness (QED) is 0.705. The van der Waals surface area contributed by atoms with Crippen molar-refractivity contribution in [3.8, 4) is 6.07 Å². The number of aliphatic imine (C=N–C) groups is 1. The van der Waals surface area contributed by atoms with Gasteiger partial charge in [0.1, 0.15) is 17.5 Å². The van der Waals surface area contributed by atoms with E-state index in [9.17, 15) is 18.0 Å². The number of carbonyl (C=O) groups is 1. The highest BCUT2D eigenvalue weighted by molar-refractivity contribution is 6.14. The summed E-state index contributed by atoms with van der Waals surface area (Å²) in [6.45, 7) is 1.55. The lowest BCUT2D eigenvalue weighted by molar-refractivity contribution is -0.138. The average Bonchev–Trinajstić information content (AvgIpc) is 3.35. The normalized spacial score (nSPS) is 12.8. The molecule has 3 aromatic rings. The molecule has 0 fully saturated rings. The first-order chi connectivity index (χ1) is 14.3. The van der Waals surface area contributed by atoms with Gasteiger partial charge in [-0.3, -0.25) is 9.79 Å². The van der Waals surface area contributed by atoms with Crippen LogP contribution in [0.5, 0.6) is 0 Å². The van der Waals surface area contributed by atoms with Crippen molar-refractivity contribution in [3.63, 3.8) is 0 Å². The Balaban J connectivity index is 1.66. The smallest absolute Gasteiger partial charge is 0.418 e. The van der Waals surface area contributed by atoms with Gasteiger partial charge in [0, 0.05) is 17.4 Å². The van der Waals surface area contributed by atoms with Crippen molar-refractivity contribution in [2.24, 2.45) is 4.99 Å². The van der Waals surface area contributed by atoms with Crippen LogP contribution in [0, 0.1) is 18.3 Å². The second-order valence-corrected chi connectivity index (χ2v) is 6.49. The molecule has 0 bridgehead atoms. The van der Waals surface area contributed by atoms with E-state index in [1.54, 1.807) is 18.2 Å². The van der Waals surface area contributed by atoms with Gasteiger partial charge in [-0.05, 0) is 30.2 Å². The molecule has 2 aromatic heterocycles.